The number of amides is 1. The van der Waals surface area contributed by atoms with Crippen LogP contribution in [0.5, 0.6) is 0 Å². The number of fused-ring (bicyclic) bond motifs is 1. The first-order chi connectivity index (χ1) is 11.6. The summed E-state index contributed by atoms with van der Waals surface area (Å²) in [7, 11) is 0. The van der Waals surface area contributed by atoms with Crippen LogP contribution in [0.3, 0.4) is 0 Å². The van der Waals surface area contributed by atoms with Crippen LogP contribution in [0.4, 0.5) is 0 Å². The van der Waals surface area contributed by atoms with Crippen LogP contribution in [0.1, 0.15) is 12.5 Å². The van der Waals surface area contributed by atoms with Gasteiger partial charge in [0.25, 0.3) is 0 Å². The van der Waals surface area contributed by atoms with E-state index in [2.05, 4.69) is 10.3 Å². The molecule has 0 bridgehead atoms. The van der Waals surface area contributed by atoms with Crippen LogP contribution in [-0.4, -0.2) is 22.0 Å². The molecule has 0 aliphatic carbocycles. The number of carbonyl (C=O) groups is 1. The molecule has 0 aliphatic heterocycles. The third-order valence-electron chi connectivity index (χ3n) is 4.15. The Bertz CT molecular complexity index is 880. The molecule has 2 aromatic carbocycles. The average Bonchev–Trinajstić information content (AvgIpc) is 2.91. The molecule has 24 heavy (non-hydrogen) atoms. The molecule has 0 spiro atoms. The van der Waals surface area contributed by atoms with Gasteiger partial charge in [-0.3, -0.25) is 9.36 Å². The van der Waals surface area contributed by atoms with Gasteiger partial charge in [-0.25, -0.2) is 4.79 Å². The Labute approximate surface area is 140 Å². The van der Waals surface area contributed by atoms with E-state index in [-0.39, 0.29) is 17.5 Å². The highest BCUT2D eigenvalue weighted by Gasteiger charge is 2.13. The molecule has 0 fully saturated rings. The van der Waals surface area contributed by atoms with Gasteiger partial charge in [0.05, 0.1) is 11.0 Å². The second-order valence-electron chi connectivity index (χ2n) is 5.98. The van der Waals surface area contributed by atoms with Crippen molar-refractivity contribution in [2.45, 2.75) is 19.9 Å². The van der Waals surface area contributed by atoms with Crippen LogP contribution in [-0.2, 0) is 17.8 Å². The third kappa shape index (κ3) is 3.56. The molecule has 0 saturated carbocycles. The molecule has 0 aliphatic rings. The molecule has 3 rings (SSSR count). The van der Waals surface area contributed by atoms with E-state index in [4.69, 9.17) is 0 Å². The molecular weight excluding hydrogens is 302 g/mol. The molecule has 5 heteroatoms. The zero-order chi connectivity index (χ0) is 16.9. The highest BCUT2D eigenvalue weighted by Crippen LogP contribution is 2.09. The number of H-pyrrole nitrogens is 1. The molecule has 2 N–H and O–H groups in total. The highest BCUT2D eigenvalue weighted by molar-refractivity contribution is 5.78. The number of hydrogen-bond acceptors (Lipinski definition) is 2. The normalized spacial score (nSPS) is 12.2. The van der Waals surface area contributed by atoms with Crippen molar-refractivity contribution in [1.29, 1.82) is 0 Å². The monoisotopic (exact) mass is 323 g/mol. The Morgan fingerprint density at radius 1 is 1.12 bits per heavy atom. The smallest absolute Gasteiger partial charge is 0.326 e. The molecule has 3 aromatic rings. The number of nitrogens with zero attached hydrogens (tertiary/aromatic N) is 1. The van der Waals surface area contributed by atoms with E-state index in [1.807, 2.05) is 61.5 Å². The summed E-state index contributed by atoms with van der Waals surface area (Å²) < 4.78 is 1.65. The van der Waals surface area contributed by atoms with Gasteiger partial charge in [0.2, 0.25) is 5.91 Å². The Balaban J connectivity index is 1.56. The van der Waals surface area contributed by atoms with E-state index in [9.17, 15) is 9.59 Å². The molecule has 1 heterocycles. The van der Waals surface area contributed by atoms with E-state index >= 15 is 0 Å². The van der Waals surface area contributed by atoms with Gasteiger partial charge in [0, 0.05) is 19.0 Å². The minimum absolute atomic E-state index is 0.00624. The van der Waals surface area contributed by atoms with Gasteiger partial charge in [0.1, 0.15) is 0 Å². The molecule has 0 saturated heterocycles. The maximum Gasteiger partial charge on any atom is 0.326 e. The topological polar surface area (TPSA) is 66.9 Å². The lowest BCUT2D eigenvalue weighted by Gasteiger charge is -2.12. The van der Waals surface area contributed by atoms with E-state index in [0.717, 1.165) is 16.6 Å². The van der Waals surface area contributed by atoms with Crippen molar-refractivity contribution in [3.63, 3.8) is 0 Å². The molecule has 5 nitrogen and oxygen atoms in total. The van der Waals surface area contributed by atoms with Gasteiger partial charge in [-0.05, 0) is 24.1 Å². The van der Waals surface area contributed by atoms with Crippen molar-refractivity contribution in [2.75, 3.05) is 6.54 Å². The van der Waals surface area contributed by atoms with Gasteiger partial charge in [-0.2, -0.15) is 0 Å². The van der Waals surface area contributed by atoms with E-state index in [1.54, 1.807) is 4.57 Å². The number of imidazole rings is 1. The number of nitrogens with one attached hydrogen (secondary N) is 2. The quantitative estimate of drug-likeness (QED) is 0.731. The first-order valence-electron chi connectivity index (χ1n) is 8.14. The summed E-state index contributed by atoms with van der Waals surface area (Å²) in [5, 5.41) is 2.92. The van der Waals surface area contributed by atoms with Crippen molar-refractivity contribution >= 4 is 16.9 Å². The van der Waals surface area contributed by atoms with Crippen molar-refractivity contribution < 1.29 is 4.79 Å². The SMILES string of the molecule is CC(Cc1ccccc1)C(=O)NCCn1c(=O)[nH]c2ccccc21. The lowest BCUT2D eigenvalue weighted by molar-refractivity contribution is -0.124. The molecule has 1 unspecified atom stereocenters. The van der Waals surface area contributed by atoms with Gasteiger partial charge in [-0.15, -0.1) is 0 Å². The summed E-state index contributed by atoms with van der Waals surface area (Å²) >= 11 is 0. The Morgan fingerprint density at radius 3 is 2.62 bits per heavy atom. The molecular formula is C19H21N3O2. The minimum atomic E-state index is -0.150. The summed E-state index contributed by atoms with van der Waals surface area (Å²) in [4.78, 5) is 27.0. The maximum atomic E-state index is 12.2. The number of aromatic nitrogens is 2. The van der Waals surface area contributed by atoms with Gasteiger partial charge in [0.15, 0.2) is 0 Å². The summed E-state index contributed by atoms with van der Waals surface area (Å²) in [5.41, 5.74) is 2.66. The standard InChI is InChI=1S/C19H21N3O2/c1-14(13-15-7-3-2-4-8-15)18(23)20-11-12-22-17-10-6-5-9-16(17)21-19(22)24/h2-10,14H,11-13H2,1H3,(H,20,23)(H,21,24). The lowest BCUT2D eigenvalue weighted by Crippen LogP contribution is -2.34. The maximum absolute atomic E-state index is 12.2. The fourth-order valence-corrected chi connectivity index (χ4v) is 2.85. The van der Waals surface area contributed by atoms with E-state index < -0.39 is 0 Å². The van der Waals surface area contributed by atoms with Gasteiger partial charge >= 0.3 is 5.69 Å². The van der Waals surface area contributed by atoms with Crippen molar-refractivity contribution in [3.8, 4) is 0 Å². The van der Waals surface area contributed by atoms with E-state index in [1.165, 1.54) is 0 Å². The molecule has 1 aromatic heterocycles. The second-order valence-corrected chi connectivity index (χ2v) is 5.98. The van der Waals surface area contributed by atoms with Gasteiger partial charge < -0.3 is 10.3 Å². The second kappa shape index (κ2) is 7.17. The Morgan fingerprint density at radius 2 is 1.83 bits per heavy atom. The predicted molar refractivity (Wildman–Crippen MR) is 94.9 cm³/mol. The summed E-state index contributed by atoms with van der Waals surface area (Å²) in [6, 6.07) is 17.5. The van der Waals surface area contributed by atoms with Crippen LogP contribution in [0.15, 0.2) is 59.4 Å². The first kappa shape index (κ1) is 16.1. The van der Waals surface area contributed by atoms with Crippen molar-refractivity contribution in [3.05, 3.63) is 70.6 Å². The molecule has 1 atom stereocenters. The molecule has 1 amide bonds. The molecule has 0 radical (unpaired) electrons. The number of aromatic amines is 1. The fraction of sp³-hybridized carbons (Fsp3) is 0.263. The van der Waals surface area contributed by atoms with Crippen LogP contribution < -0.4 is 11.0 Å². The number of hydrogen-bond donors (Lipinski definition) is 2. The highest BCUT2D eigenvalue weighted by atomic mass is 16.2. The number of carbonyl (C=O) groups excluding carboxylic acids is 1. The Kier molecular flexibility index (Phi) is 4.79. The molecule has 124 valence electrons. The lowest BCUT2D eigenvalue weighted by atomic mass is 10.0. The van der Waals surface area contributed by atoms with Crippen LogP contribution in [0.25, 0.3) is 11.0 Å². The fourth-order valence-electron chi connectivity index (χ4n) is 2.85. The van der Waals surface area contributed by atoms with Crippen molar-refractivity contribution in [1.82, 2.24) is 14.9 Å². The number of benzene rings is 2. The van der Waals surface area contributed by atoms with Crippen molar-refractivity contribution in [2.24, 2.45) is 5.92 Å². The predicted octanol–water partition coefficient (Wildman–Crippen LogP) is 2.32. The van der Waals surface area contributed by atoms with Crippen LogP contribution in [0.2, 0.25) is 0 Å². The average molecular weight is 323 g/mol. The largest absolute Gasteiger partial charge is 0.354 e. The van der Waals surface area contributed by atoms with E-state index in [0.29, 0.717) is 19.5 Å². The summed E-state index contributed by atoms with van der Waals surface area (Å²) in [6.45, 7) is 2.80. The van der Waals surface area contributed by atoms with Crippen LogP contribution >= 0.6 is 0 Å². The minimum Gasteiger partial charge on any atom is -0.354 e. The van der Waals surface area contributed by atoms with Crippen LogP contribution in [0, 0.1) is 5.92 Å². The Hall–Kier alpha value is -2.82. The zero-order valence-corrected chi connectivity index (χ0v) is 13.7. The first-order valence-corrected chi connectivity index (χ1v) is 8.14. The zero-order valence-electron chi connectivity index (χ0n) is 13.7. The van der Waals surface area contributed by atoms with Gasteiger partial charge in [-0.1, -0.05) is 49.4 Å². The summed E-state index contributed by atoms with van der Waals surface area (Å²) in [6.07, 6.45) is 0.708. The third-order valence-corrected chi connectivity index (χ3v) is 4.15. The summed E-state index contributed by atoms with van der Waals surface area (Å²) in [5.74, 6) is -0.0983. The number of para-hydroxylation sites is 2. The number of rotatable bonds is 6.